The van der Waals surface area contributed by atoms with Crippen LogP contribution in [0.1, 0.15) is 35.6 Å². The standard InChI is InChI=1S/C23H22ClN3O/c24-21-11-10-20(15-25)23(14-21)28-22(19-7-2-1-3-8-19)9-5-13-27-17-18-6-4-12-26-16-18/h1-4,6-8,10-12,14,16,22,27H,5,9,13,17H2/t22-/m1/s1. The van der Waals surface area contributed by atoms with Gasteiger partial charge in [0.2, 0.25) is 0 Å². The van der Waals surface area contributed by atoms with E-state index < -0.39 is 0 Å². The van der Waals surface area contributed by atoms with Gasteiger partial charge in [0.15, 0.2) is 0 Å². The molecule has 2 aromatic carbocycles. The number of nitriles is 1. The molecule has 1 aromatic heterocycles. The van der Waals surface area contributed by atoms with E-state index in [2.05, 4.69) is 22.4 Å². The van der Waals surface area contributed by atoms with Crippen LogP contribution in [0.4, 0.5) is 0 Å². The molecule has 0 aliphatic heterocycles. The van der Waals surface area contributed by atoms with Crippen molar-refractivity contribution in [1.82, 2.24) is 10.3 Å². The minimum absolute atomic E-state index is 0.146. The molecule has 0 bridgehead atoms. The molecule has 3 aromatic rings. The molecule has 0 spiro atoms. The summed E-state index contributed by atoms with van der Waals surface area (Å²) in [5.41, 5.74) is 2.73. The quantitative estimate of drug-likeness (QED) is 0.503. The molecule has 0 fully saturated rings. The molecule has 0 saturated carbocycles. The van der Waals surface area contributed by atoms with Crippen LogP contribution in [0.3, 0.4) is 0 Å². The Labute approximate surface area is 170 Å². The van der Waals surface area contributed by atoms with Crippen molar-refractivity contribution in [3.05, 3.63) is 94.8 Å². The fraction of sp³-hybridized carbons (Fsp3) is 0.217. The van der Waals surface area contributed by atoms with Gasteiger partial charge in [0.25, 0.3) is 0 Å². The van der Waals surface area contributed by atoms with Crippen LogP contribution in [-0.2, 0) is 6.54 Å². The van der Waals surface area contributed by atoms with Crippen molar-refractivity contribution in [3.8, 4) is 11.8 Å². The van der Waals surface area contributed by atoms with Crippen LogP contribution >= 0.6 is 11.6 Å². The summed E-state index contributed by atoms with van der Waals surface area (Å²) < 4.78 is 6.22. The molecular weight excluding hydrogens is 370 g/mol. The Morgan fingerprint density at radius 1 is 1.11 bits per heavy atom. The van der Waals surface area contributed by atoms with Gasteiger partial charge in [-0.3, -0.25) is 4.98 Å². The highest BCUT2D eigenvalue weighted by Gasteiger charge is 2.15. The molecule has 0 unspecified atom stereocenters. The molecule has 0 saturated heterocycles. The predicted molar refractivity (Wildman–Crippen MR) is 111 cm³/mol. The number of aromatic nitrogens is 1. The lowest BCUT2D eigenvalue weighted by Gasteiger charge is -2.21. The van der Waals surface area contributed by atoms with Gasteiger partial charge >= 0.3 is 0 Å². The molecule has 1 atom stereocenters. The lowest BCUT2D eigenvalue weighted by Crippen LogP contribution is -2.17. The summed E-state index contributed by atoms with van der Waals surface area (Å²) in [6.45, 7) is 1.65. The lowest BCUT2D eigenvalue weighted by atomic mass is 10.0. The van der Waals surface area contributed by atoms with E-state index >= 15 is 0 Å². The third-order valence-corrected chi connectivity index (χ3v) is 4.61. The maximum absolute atomic E-state index is 9.36. The van der Waals surface area contributed by atoms with E-state index in [1.54, 1.807) is 24.4 Å². The zero-order valence-electron chi connectivity index (χ0n) is 15.5. The van der Waals surface area contributed by atoms with Crippen LogP contribution in [0, 0.1) is 11.3 Å². The van der Waals surface area contributed by atoms with E-state index in [-0.39, 0.29) is 6.10 Å². The Kier molecular flexibility index (Phi) is 7.43. The Morgan fingerprint density at radius 3 is 2.71 bits per heavy atom. The zero-order valence-corrected chi connectivity index (χ0v) is 16.3. The van der Waals surface area contributed by atoms with Crippen molar-refractivity contribution < 1.29 is 4.74 Å². The van der Waals surface area contributed by atoms with Gasteiger partial charge in [-0.25, -0.2) is 0 Å². The number of halogens is 1. The summed E-state index contributed by atoms with van der Waals surface area (Å²) in [6, 6.07) is 21.3. The number of ether oxygens (including phenoxy) is 1. The van der Waals surface area contributed by atoms with Crippen molar-refractivity contribution in [3.63, 3.8) is 0 Å². The summed E-state index contributed by atoms with van der Waals surface area (Å²) >= 11 is 6.10. The van der Waals surface area contributed by atoms with Crippen LogP contribution in [0.2, 0.25) is 5.02 Å². The number of pyridine rings is 1. The average Bonchev–Trinajstić information content (AvgIpc) is 2.74. The molecular formula is C23H22ClN3O. The third-order valence-electron chi connectivity index (χ3n) is 4.38. The number of nitrogens with one attached hydrogen (secondary N) is 1. The second-order valence-electron chi connectivity index (χ2n) is 6.45. The first-order chi connectivity index (χ1) is 13.8. The summed E-state index contributed by atoms with van der Waals surface area (Å²) in [7, 11) is 0. The van der Waals surface area contributed by atoms with Gasteiger partial charge < -0.3 is 10.1 Å². The van der Waals surface area contributed by atoms with E-state index in [1.807, 2.05) is 42.6 Å². The highest BCUT2D eigenvalue weighted by atomic mass is 35.5. The molecule has 1 heterocycles. The Morgan fingerprint density at radius 2 is 1.96 bits per heavy atom. The molecule has 142 valence electrons. The third kappa shape index (κ3) is 5.82. The summed E-state index contributed by atoms with van der Waals surface area (Å²) in [4.78, 5) is 4.12. The molecule has 1 N–H and O–H groups in total. The van der Waals surface area contributed by atoms with Crippen LogP contribution < -0.4 is 10.1 Å². The topological polar surface area (TPSA) is 57.9 Å². The number of nitrogens with zero attached hydrogens (tertiary/aromatic N) is 2. The van der Waals surface area contributed by atoms with Gasteiger partial charge in [-0.1, -0.05) is 48.0 Å². The van der Waals surface area contributed by atoms with Crippen LogP contribution in [0.25, 0.3) is 0 Å². The smallest absolute Gasteiger partial charge is 0.139 e. The highest BCUT2D eigenvalue weighted by molar-refractivity contribution is 6.30. The largest absolute Gasteiger partial charge is 0.484 e. The fourth-order valence-corrected chi connectivity index (χ4v) is 3.11. The summed E-state index contributed by atoms with van der Waals surface area (Å²) in [6.07, 6.45) is 5.25. The number of hydrogen-bond donors (Lipinski definition) is 1. The molecule has 0 aliphatic carbocycles. The van der Waals surface area contributed by atoms with Gasteiger partial charge in [-0.2, -0.15) is 5.26 Å². The van der Waals surface area contributed by atoms with Gasteiger partial charge in [-0.15, -0.1) is 0 Å². The van der Waals surface area contributed by atoms with Gasteiger partial charge in [0, 0.05) is 30.0 Å². The second kappa shape index (κ2) is 10.5. The molecule has 5 heteroatoms. The fourth-order valence-electron chi connectivity index (χ4n) is 2.95. The maximum Gasteiger partial charge on any atom is 0.139 e. The Hall–Kier alpha value is -2.87. The Bertz CT molecular complexity index is 910. The van der Waals surface area contributed by atoms with E-state index in [0.717, 1.165) is 37.1 Å². The Balaban J connectivity index is 1.62. The first kappa shape index (κ1) is 19.9. The highest BCUT2D eigenvalue weighted by Crippen LogP contribution is 2.30. The minimum atomic E-state index is -0.146. The average molecular weight is 392 g/mol. The van der Waals surface area contributed by atoms with Crippen LogP contribution in [0.5, 0.6) is 5.75 Å². The zero-order chi connectivity index (χ0) is 19.6. The molecule has 0 radical (unpaired) electrons. The maximum atomic E-state index is 9.36. The number of hydrogen-bond acceptors (Lipinski definition) is 4. The van der Waals surface area contributed by atoms with Crippen molar-refractivity contribution >= 4 is 11.6 Å². The van der Waals surface area contributed by atoms with Crippen LogP contribution in [0.15, 0.2) is 73.1 Å². The normalized spacial score (nSPS) is 11.6. The summed E-state index contributed by atoms with van der Waals surface area (Å²) in [5.74, 6) is 0.521. The molecule has 4 nitrogen and oxygen atoms in total. The van der Waals surface area contributed by atoms with E-state index in [9.17, 15) is 5.26 Å². The molecule has 28 heavy (non-hydrogen) atoms. The van der Waals surface area contributed by atoms with E-state index in [4.69, 9.17) is 16.3 Å². The lowest BCUT2D eigenvalue weighted by molar-refractivity contribution is 0.191. The van der Waals surface area contributed by atoms with Crippen molar-refractivity contribution in [1.29, 1.82) is 5.26 Å². The SMILES string of the molecule is N#Cc1ccc(Cl)cc1O[C@H](CCCNCc1cccnc1)c1ccccc1. The minimum Gasteiger partial charge on any atom is -0.484 e. The first-order valence-corrected chi connectivity index (χ1v) is 9.65. The first-order valence-electron chi connectivity index (χ1n) is 9.27. The van der Waals surface area contributed by atoms with Crippen LogP contribution in [-0.4, -0.2) is 11.5 Å². The van der Waals surface area contributed by atoms with E-state index in [0.29, 0.717) is 16.3 Å². The van der Waals surface area contributed by atoms with Crippen molar-refractivity contribution in [2.75, 3.05) is 6.54 Å². The van der Waals surface area contributed by atoms with Crippen molar-refractivity contribution in [2.24, 2.45) is 0 Å². The van der Waals surface area contributed by atoms with Gasteiger partial charge in [-0.05, 0) is 48.7 Å². The second-order valence-corrected chi connectivity index (χ2v) is 6.89. The number of rotatable bonds is 9. The van der Waals surface area contributed by atoms with Gasteiger partial charge in [0.1, 0.15) is 17.9 Å². The monoisotopic (exact) mass is 391 g/mol. The molecule has 3 rings (SSSR count). The molecule has 0 amide bonds. The van der Waals surface area contributed by atoms with Crippen molar-refractivity contribution in [2.45, 2.75) is 25.5 Å². The van der Waals surface area contributed by atoms with E-state index in [1.165, 1.54) is 0 Å². The summed E-state index contributed by atoms with van der Waals surface area (Å²) in [5, 5.41) is 13.3. The predicted octanol–water partition coefficient (Wildman–Crippen LogP) is 5.30. The molecule has 0 aliphatic rings. The van der Waals surface area contributed by atoms with Gasteiger partial charge in [0.05, 0.1) is 5.56 Å². The number of benzene rings is 2.